The number of rotatable bonds is 9. The Bertz CT molecular complexity index is 1680. The van der Waals surface area contributed by atoms with Crippen LogP contribution in [0.5, 0.6) is 0 Å². The van der Waals surface area contributed by atoms with Gasteiger partial charge in [-0.15, -0.1) is 0 Å². The molecule has 0 aromatic heterocycles. The maximum atomic E-state index is 13.9. The number of benzene rings is 2. The highest BCUT2D eigenvalue weighted by atomic mass is 32.2. The van der Waals surface area contributed by atoms with Gasteiger partial charge in [-0.1, -0.05) is 18.2 Å². The SMILES string of the molecule is CCOC(=O)NS(=O)(=O)N1CCC(N(Cc2ccc(F)cc2)C(=O)CN2C(=O)O[C@@]3(CCc4cc(NC(=O)NC)ccc43)C2=O)CC1. The van der Waals surface area contributed by atoms with Gasteiger partial charge in [0.05, 0.1) is 6.61 Å². The number of fused-ring (bicyclic) bond motifs is 2. The van der Waals surface area contributed by atoms with Crippen LogP contribution in [0.3, 0.4) is 0 Å². The standard InChI is InChI=1S/C30H35FN6O9S/c1-3-45-28(41)34-47(43,44)35-14-11-23(12-15-35)36(17-19-4-6-21(31)7-5-19)25(38)18-37-26(39)30(46-29(37)42)13-10-20-16-22(8-9-24(20)30)33-27(40)32-2/h4-9,16,23H,3,10-15,17-18H2,1-2H3,(H,34,41)(H2,32,33,40)/t30-/m1/s1. The highest BCUT2D eigenvalue weighted by molar-refractivity contribution is 7.87. The van der Waals surface area contributed by atoms with Gasteiger partial charge in [0, 0.05) is 50.4 Å². The number of ether oxygens (including phenoxy) is 2. The van der Waals surface area contributed by atoms with Crippen molar-refractivity contribution in [2.24, 2.45) is 0 Å². The van der Waals surface area contributed by atoms with Crippen molar-refractivity contribution in [1.29, 1.82) is 0 Å². The predicted molar refractivity (Wildman–Crippen MR) is 163 cm³/mol. The van der Waals surface area contributed by atoms with E-state index >= 15 is 0 Å². The molecular weight excluding hydrogens is 639 g/mol. The third-order valence-corrected chi connectivity index (χ3v) is 9.89. The van der Waals surface area contributed by atoms with Gasteiger partial charge in [0.2, 0.25) is 11.5 Å². The molecule has 0 saturated carbocycles. The molecule has 0 radical (unpaired) electrons. The van der Waals surface area contributed by atoms with Gasteiger partial charge < -0.3 is 25.0 Å². The highest BCUT2D eigenvalue weighted by Gasteiger charge is 2.58. The number of hydrogen-bond donors (Lipinski definition) is 3. The number of aryl methyl sites for hydroxylation is 1. The summed E-state index contributed by atoms with van der Waals surface area (Å²) < 4.78 is 52.2. The summed E-state index contributed by atoms with van der Waals surface area (Å²) in [7, 11) is -2.72. The van der Waals surface area contributed by atoms with Crippen LogP contribution in [0.2, 0.25) is 0 Å². The first kappa shape index (κ1) is 33.6. The van der Waals surface area contributed by atoms with Crippen molar-refractivity contribution in [3.8, 4) is 0 Å². The van der Waals surface area contributed by atoms with Crippen LogP contribution in [0.4, 0.5) is 24.5 Å². The number of carbonyl (C=O) groups is 5. The summed E-state index contributed by atoms with van der Waals surface area (Å²) >= 11 is 0. The third kappa shape index (κ3) is 7.00. The first-order valence-electron chi connectivity index (χ1n) is 15.0. The molecule has 47 heavy (non-hydrogen) atoms. The molecule has 3 N–H and O–H groups in total. The molecule has 2 fully saturated rings. The van der Waals surface area contributed by atoms with Crippen LogP contribution in [0.15, 0.2) is 42.5 Å². The lowest BCUT2D eigenvalue weighted by atomic mass is 9.94. The second kappa shape index (κ2) is 13.5. The van der Waals surface area contributed by atoms with Gasteiger partial charge in [-0.3, -0.25) is 9.59 Å². The molecule has 2 aliphatic heterocycles. The molecule has 15 nitrogen and oxygen atoms in total. The fourth-order valence-electron chi connectivity index (χ4n) is 6.08. The van der Waals surface area contributed by atoms with E-state index in [-0.39, 0.29) is 45.5 Å². The predicted octanol–water partition coefficient (Wildman–Crippen LogP) is 2.18. The van der Waals surface area contributed by atoms with Crippen LogP contribution in [0.1, 0.15) is 42.9 Å². The Hall–Kier alpha value is -4.77. The summed E-state index contributed by atoms with van der Waals surface area (Å²) in [6.45, 7) is 0.833. The molecule has 2 heterocycles. The van der Waals surface area contributed by atoms with Crippen LogP contribution in [0, 0.1) is 5.82 Å². The molecule has 252 valence electrons. The molecule has 6 amide bonds. The maximum absolute atomic E-state index is 13.9. The zero-order valence-corrected chi connectivity index (χ0v) is 26.6. The highest BCUT2D eigenvalue weighted by Crippen LogP contribution is 2.46. The van der Waals surface area contributed by atoms with E-state index in [4.69, 9.17) is 4.74 Å². The van der Waals surface area contributed by atoms with E-state index in [0.717, 1.165) is 9.21 Å². The second-order valence-electron chi connectivity index (χ2n) is 11.3. The monoisotopic (exact) mass is 674 g/mol. The number of anilines is 1. The quantitative estimate of drug-likeness (QED) is 0.359. The zero-order valence-electron chi connectivity index (χ0n) is 25.8. The molecule has 0 unspecified atom stereocenters. The van der Waals surface area contributed by atoms with Gasteiger partial charge in [-0.2, -0.15) is 12.7 Å². The molecule has 0 bridgehead atoms. The number of nitrogens with one attached hydrogen (secondary N) is 3. The lowest BCUT2D eigenvalue weighted by molar-refractivity contribution is -0.143. The van der Waals surface area contributed by atoms with Gasteiger partial charge in [0.25, 0.3) is 5.91 Å². The normalized spacial score (nSPS) is 19.7. The smallest absolute Gasteiger partial charge is 0.421 e. The van der Waals surface area contributed by atoms with Gasteiger partial charge >= 0.3 is 28.4 Å². The molecular formula is C30H35FN6O9S. The molecule has 3 aliphatic rings. The first-order valence-corrected chi connectivity index (χ1v) is 16.5. The number of halogens is 1. The minimum absolute atomic E-state index is 0.00374. The molecule has 2 aromatic rings. The Balaban J connectivity index is 1.32. The summed E-state index contributed by atoms with van der Waals surface area (Å²) in [5, 5.41) is 5.12. The summed E-state index contributed by atoms with van der Waals surface area (Å²) in [5.74, 6) is -1.75. The lowest BCUT2D eigenvalue weighted by Crippen LogP contribution is -2.53. The van der Waals surface area contributed by atoms with E-state index in [1.807, 2.05) is 4.72 Å². The molecule has 2 aromatic carbocycles. The largest absolute Gasteiger partial charge is 0.449 e. The van der Waals surface area contributed by atoms with Crippen LogP contribution in [0.25, 0.3) is 0 Å². The Morgan fingerprint density at radius 1 is 1.11 bits per heavy atom. The molecule has 17 heteroatoms. The average Bonchev–Trinajstić information content (AvgIpc) is 3.51. The zero-order chi connectivity index (χ0) is 33.9. The fourth-order valence-corrected chi connectivity index (χ4v) is 7.17. The van der Waals surface area contributed by atoms with Crippen molar-refractivity contribution >= 4 is 45.9 Å². The van der Waals surface area contributed by atoms with Gasteiger partial charge in [-0.05, 0) is 61.6 Å². The van der Waals surface area contributed by atoms with Crippen molar-refractivity contribution in [3.05, 3.63) is 65.0 Å². The van der Waals surface area contributed by atoms with E-state index in [1.54, 1.807) is 18.2 Å². The first-order chi connectivity index (χ1) is 22.4. The number of hydrogen-bond acceptors (Lipinski definition) is 9. The topological polar surface area (TPSA) is 184 Å². The number of imide groups is 1. The van der Waals surface area contributed by atoms with Crippen LogP contribution in [-0.2, 0) is 47.8 Å². The van der Waals surface area contributed by atoms with Gasteiger partial charge in [0.1, 0.15) is 12.4 Å². The summed E-state index contributed by atoms with van der Waals surface area (Å²) in [5.41, 5.74) is 0.658. The maximum Gasteiger partial charge on any atom is 0.421 e. The van der Waals surface area contributed by atoms with Crippen molar-refractivity contribution < 1.29 is 46.3 Å². The minimum atomic E-state index is -4.19. The van der Waals surface area contributed by atoms with Crippen LogP contribution < -0.4 is 15.4 Å². The summed E-state index contributed by atoms with van der Waals surface area (Å²) in [6, 6.07) is 9.47. The molecule has 1 spiro atoms. The number of carbonyl (C=O) groups excluding carboxylic acids is 5. The fraction of sp³-hybridized carbons (Fsp3) is 0.433. The second-order valence-corrected chi connectivity index (χ2v) is 12.9. The molecule has 1 aliphatic carbocycles. The Kier molecular flexibility index (Phi) is 9.67. The van der Waals surface area contributed by atoms with Gasteiger partial charge in [0.15, 0.2) is 0 Å². The Morgan fingerprint density at radius 3 is 2.47 bits per heavy atom. The van der Waals surface area contributed by atoms with E-state index < -0.39 is 64.2 Å². The molecule has 1 atom stereocenters. The summed E-state index contributed by atoms with van der Waals surface area (Å²) in [6.07, 6.45) is -1.17. The molecule has 5 rings (SSSR count). The van der Waals surface area contributed by atoms with Gasteiger partial charge in [-0.25, -0.2) is 28.4 Å². The Labute approximate surface area is 270 Å². The van der Waals surface area contributed by atoms with E-state index in [1.165, 1.54) is 43.1 Å². The average molecular weight is 675 g/mol. The number of nitrogens with zero attached hydrogens (tertiary/aromatic N) is 3. The number of urea groups is 1. The van der Waals surface area contributed by atoms with Crippen molar-refractivity contribution in [2.45, 2.75) is 50.8 Å². The number of amides is 6. The van der Waals surface area contributed by atoms with E-state index in [9.17, 15) is 36.8 Å². The lowest BCUT2D eigenvalue weighted by Gasteiger charge is -2.38. The van der Waals surface area contributed by atoms with Crippen LogP contribution >= 0.6 is 0 Å². The third-order valence-electron chi connectivity index (χ3n) is 8.42. The van der Waals surface area contributed by atoms with Crippen molar-refractivity contribution in [1.82, 2.24) is 24.1 Å². The number of piperidine rings is 1. The molecule has 2 saturated heterocycles. The van der Waals surface area contributed by atoms with Crippen molar-refractivity contribution in [3.63, 3.8) is 0 Å². The van der Waals surface area contributed by atoms with E-state index in [0.29, 0.717) is 28.8 Å². The minimum Gasteiger partial charge on any atom is -0.449 e. The van der Waals surface area contributed by atoms with Crippen LogP contribution in [-0.4, -0.2) is 91.9 Å². The summed E-state index contributed by atoms with van der Waals surface area (Å²) in [4.78, 5) is 66.5. The van der Waals surface area contributed by atoms with Crippen molar-refractivity contribution in [2.75, 3.05) is 38.6 Å². The van der Waals surface area contributed by atoms with E-state index in [2.05, 4.69) is 15.4 Å². The Morgan fingerprint density at radius 2 is 1.81 bits per heavy atom.